The molecular weight excluding hydrogens is 244 g/mol. The lowest BCUT2D eigenvalue weighted by Gasteiger charge is -2.29. The Morgan fingerprint density at radius 2 is 1.63 bits per heavy atom. The van der Waals surface area contributed by atoms with Crippen molar-refractivity contribution in [3.8, 4) is 6.07 Å². The highest BCUT2D eigenvalue weighted by Crippen LogP contribution is 2.22. The first-order valence-electron chi connectivity index (χ1n) is 6.91. The van der Waals surface area contributed by atoms with E-state index in [1.807, 2.05) is 20.8 Å². The van der Waals surface area contributed by atoms with Crippen LogP contribution in [-0.2, 0) is 14.3 Å². The molecule has 0 saturated heterocycles. The van der Waals surface area contributed by atoms with Crippen LogP contribution in [0.25, 0.3) is 0 Å². The maximum atomic E-state index is 12.4. The molecule has 0 aliphatic rings. The van der Waals surface area contributed by atoms with Crippen molar-refractivity contribution in [2.45, 2.75) is 34.1 Å². The Bertz CT molecular complexity index is 292. The molecule has 0 saturated carbocycles. The molecule has 5 heteroatoms. The Kier molecular flexibility index (Phi) is 9.19. The summed E-state index contributed by atoms with van der Waals surface area (Å²) in [5, 5.41) is 9.19. The van der Waals surface area contributed by atoms with E-state index in [1.165, 1.54) is 0 Å². The van der Waals surface area contributed by atoms with Crippen LogP contribution in [0.2, 0.25) is 0 Å². The molecule has 0 N–H and O–H groups in total. The van der Waals surface area contributed by atoms with E-state index in [0.717, 1.165) is 0 Å². The normalized spacial score (nSPS) is 13.6. The topological polar surface area (TPSA) is 62.6 Å². The van der Waals surface area contributed by atoms with Crippen molar-refractivity contribution in [1.82, 2.24) is 4.90 Å². The summed E-state index contributed by atoms with van der Waals surface area (Å²) in [5.74, 6) is -0.142. The minimum atomic E-state index is -0.960. The highest BCUT2D eigenvalue weighted by molar-refractivity contribution is 5.85. The van der Waals surface area contributed by atoms with Gasteiger partial charge in [-0.05, 0) is 27.2 Å². The number of hydrogen-bond donors (Lipinski definition) is 0. The van der Waals surface area contributed by atoms with E-state index in [1.54, 1.807) is 11.8 Å². The minimum Gasteiger partial charge on any atom is -0.380 e. The molecule has 0 rings (SSSR count). The van der Waals surface area contributed by atoms with Gasteiger partial charge in [-0.25, -0.2) is 0 Å². The number of rotatable bonds is 10. The first kappa shape index (κ1) is 17.9. The van der Waals surface area contributed by atoms with Crippen LogP contribution in [0.3, 0.4) is 0 Å². The largest absolute Gasteiger partial charge is 0.380 e. The van der Waals surface area contributed by atoms with E-state index in [9.17, 15) is 10.1 Å². The van der Waals surface area contributed by atoms with Gasteiger partial charge in [0.2, 0.25) is 5.91 Å². The third-order valence-electron chi connectivity index (χ3n) is 3.13. The molecule has 0 aliphatic carbocycles. The second-order valence-electron chi connectivity index (χ2n) is 4.48. The number of carbonyl (C=O) groups excluding carboxylic acids is 1. The zero-order valence-electron chi connectivity index (χ0n) is 12.6. The Labute approximate surface area is 116 Å². The molecule has 5 nitrogen and oxygen atoms in total. The van der Waals surface area contributed by atoms with E-state index in [4.69, 9.17) is 9.47 Å². The van der Waals surface area contributed by atoms with E-state index in [2.05, 4.69) is 6.07 Å². The summed E-state index contributed by atoms with van der Waals surface area (Å²) in [6.07, 6.45) is 0.502. The lowest BCUT2D eigenvalue weighted by Crippen LogP contribution is -2.44. The fourth-order valence-electron chi connectivity index (χ4n) is 1.58. The van der Waals surface area contributed by atoms with Gasteiger partial charge < -0.3 is 14.4 Å². The minimum absolute atomic E-state index is 0.142. The maximum Gasteiger partial charge on any atom is 0.242 e. The molecule has 1 unspecified atom stereocenters. The number of nitriles is 1. The van der Waals surface area contributed by atoms with Gasteiger partial charge in [-0.15, -0.1) is 0 Å². The Morgan fingerprint density at radius 3 is 1.95 bits per heavy atom. The number of ether oxygens (including phenoxy) is 2. The molecule has 0 aromatic rings. The van der Waals surface area contributed by atoms with E-state index >= 15 is 0 Å². The van der Waals surface area contributed by atoms with E-state index < -0.39 is 5.41 Å². The van der Waals surface area contributed by atoms with Crippen LogP contribution in [0.1, 0.15) is 34.1 Å². The molecule has 110 valence electrons. The fraction of sp³-hybridized carbons (Fsp3) is 0.857. The third-order valence-corrected chi connectivity index (χ3v) is 3.13. The van der Waals surface area contributed by atoms with Crippen LogP contribution >= 0.6 is 0 Å². The molecule has 0 spiro atoms. The average molecular weight is 270 g/mol. The monoisotopic (exact) mass is 270 g/mol. The van der Waals surface area contributed by atoms with Gasteiger partial charge in [0.1, 0.15) is 5.41 Å². The summed E-state index contributed by atoms with van der Waals surface area (Å²) in [6.45, 7) is 10.6. The van der Waals surface area contributed by atoms with E-state index in [-0.39, 0.29) is 5.91 Å². The summed E-state index contributed by atoms with van der Waals surface area (Å²) in [7, 11) is 0. The predicted octanol–water partition coefficient (Wildman–Crippen LogP) is 1.83. The van der Waals surface area contributed by atoms with Gasteiger partial charge in [-0.1, -0.05) is 6.92 Å². The number of nitrogens with zero attached hydrogens (tertiary/aromatic N) is 2. The summed E-state index contributed by atoms with van der Waals surface area (Å²) in [5.41, 5.74) is -0.960. The van der Waals surface area contributed by atoms with Crippen LogP contribution in [0.15, 0.2) is 0 Å². The SMILES string of the molecule is CCOCCN(CCOCC)C(=O)C(C)(C#N)CC. The Morgan fingerprint density at radius 1 is 1.16 bits per heavy atom. The van der Waals surface area contributed by atoms with Crippen molar-refractivity contribution in [1.29, 1.82) is 5.26 Å². The molecule has 0 bridgehead atoms. The molecule has 0 radical (unpaired) electrons. The van der Waals surface area contributed by atoms with Crippen LogP contribution in [0.4, 0.5) is 0 Å². The van der Waals surface area contributed by atoms with Gasteiger partial charge in [0.05, 0.1) is 19.3 Å². The average Bonchev–Trinajstić information content (AvgIpc) is 2.44. The second kappa shape index (κ2) is 9.76. The van der Waals surface area contributed by atoms with Crippen LogP contribution < -0.4 is 0 Å². The van der Waals surface area contributed by atoms with Crippen LogP contribution in [-0.4, -0.2) is 50.3 Å². The smallest absolute Gasteiger partial charge is 0.242 e. The highest BCUT2D eigenvalue weighted by atomic mass is 16.5. The summed E-state index contributed by atoms with van der Waals surface area (Å²) in [4.78, 5) is 14.1. The van der Waals surface area contributed by atoms with Crippen molar-refractivity contribution >= 4 is 5.91 Å². The Balaban J connectivity index is 4.61. The number of hydrogen-bond acceptors (Lipinski definition) is 4. The highest BCUT2D eigenvalue weighted by Gasteiger charge is 2.34. The molecule has 0 heterocycles. The first-order valence-corrected chi connectivity index (χ1v) is 6.91. The maximum absolute atomic E-state index is 12.4. The third kappa shape index (κ3) is 6.04. The molecule has 0 fully saturated rings. The number of carbonyl (C=O) groups is 1. The van der Waals surface area contributed by atoms with Gasteiger partial charge >= 0.3 is 0 Å². The summed E-state index contributed by atoms with van der Waals surface area (Å²) >= 11 is 0. The lowest BCUT2D eigenvalue weighted by molar-refractivity contribution is -0.140. The molecule has 0 aliphatic heterocycles. The van der Waals surface area contributed by atoms with Gasteiger partial charge in [0.25, 0.3) is 0 Å². The quantitative estimate of drug-likeness (QED) is 0.568. The van der Waals surface area contributed by atoms with Crippen LogP contribution in [0.5, 0.6) is 0 Å². The summed E-state index contributed by atoms with van der Waals surface area (Å²) in [6, 6.07) is 2.12. The number of amides is 1. The second-order valence-corrected chi connectivity index (χ2v) is 4.48. The van der Waals surface area contributed by atoms with Gasteiger partial charge in [-0.3, -0.25) is 4.79 Å². The molecule has 1 atom stereocenters. The van der Waals surface area contributed by atoms with Crippen molar-refractivity contribution in [2.75, 3.05) is 39.5 Å². The molecule has 0 aromatic carbocycles. The van der Waals surface area contributed by atoms with Crippen molar-refractivity contribution in [3.05, 3.63) is 0 Å². The Hall–Kier alpha value is -1.12. The lowest BCUT2D eigenvalue weighted by atomic mass is 9.88. The zero-order valence-corrected chi connectivity index (χ0v) is 12.6. The predicted molar refractivity (Wildman–Crippen MR) is 73.6 cm³/mol. The molecule has 19 heavy (non-hydrogen) atoms. The van der Waals surface area contributed by atoms with E-state index in [0.29, 0.717) is 45.9 Å². The van der Waals surface area contributed by atoms with Crippen molar-refractivity contribution < 1.29 is 14.3 Å². The van der Waals surface area contributed by atoms with Gasteiger partial charge in [0.15, 0.2) is 0 Å². The summed E-state index contributed by atoms with van der Waals surface area (Å²) < 4.78 is 10.6. The molecule has 0 aromatic heterocycles. The van der Waals surface area contributed by atoms with Gasteiger partial charge in [-0.2, -0.15) is 5.26 Å². The zero-order chi connectivity index (χ0) is 14.7. The first-order chi connectivity index (χ1) is 9.05. The molecule has 1 amide bonds. The van der Waals surface area contributed by atoms with Crippen molar-refractivity contribution in [2.24, 2.45) is 5.41 Å². The van der Waals surface area contributed by atoms with Crippen molar-refractivity contribution in [3.63, 3.8) is 0 Å². The molecular formula is C14H26N2O3. The van der Waals surface area contributed by atoms with Gasteiger partial charge in [0, 0.05) is 26.3 Å². The fourth-order valence-corrected chi connectivity index (χ4v) is 1.58. The van der Waals surface area contributed by atoms with Crippen LogP contribution in [0, 0.1) is 16.7 Å². The standard InChI is InChI=1S/C14H26N2O3/c1-5-14(4,12-15)13(17)16(8-10-18-6-2)9-11-19-7-3/h5-11H2,1-4H3.